The number of pyridine rings is 1. The van der Waals surface area contributed by atoms with E-state index in [-0.39, 0.29) is 6.03 Å². The molecule has 16 heavy (non-hydrogen) atoms. The van der Waals surface area contributed by atoms with Crippen LogP contribution in [0.25, 0.3) is 0 Å². The molecule has 0 aliphatic carbocycles. The third kappa shape index (κ3) is 2.35. The number of nitrogens with zero attached hydrogens (tertiary/aromatic N) is 2. The zero-order chi connectivity index (χ0) is 11.4. The second-order valence-electron chi connectivity index (χ2n) is 3.24. The molecule has 82 valence electrons. The Morgan fingerprint density at radius 3 is 2.88 bits per heavy atom. The van der Waals surface area contributed by atoms with Gasteiger partial charge in [0.05, 0.1) is 6.20 Å². The highest BCUT2D eigenvalue weighted by Gasteiger charge is 2.04. The van der Waals surface area contributed by atoms with Gasteiger partial charge < -0.3 is 5.32 Å². The van der Waals surface area contributed by atoms with Crippen LogP contribution >= 0.6 is 0 Å². The first-order chi connectivity index (χ1) is 7.75. The second kappa shape index (κ2) is 4.43. The molecule has 0 aromatic carbocycles. The lowest BCUT2D eigenvalue weighted by atomic mass is 10.2. The molecule has 3 N–H and O–H groups in total. The summed E-state index contributed by atoms with van der Waals surface area (Å²) in [5, 5.41) is 11.7. The molecule has 6 heteroatoms. The van der Waals surface area contributed by atoms with E-state index in [1.165, 1.54) is 0 Å². The first kappa shape index (κ1) is 10.2. The number of carbonyl (C=O) groups excluding carboxylic acids is 1. The Bertz CT molecular complexity index is 480. The smallest absolute Gasteiger partial charge is 0.307 e. The van der Waals surface area contributed by atoms with E-state index in [0.29, 0.717) is 5.82 Å². The van der Waals surface area contributed by atoms with Gasteiger partial charge in [-0.25, -0.2) is 4.79 Å². The van der Waals surface area contributed by atoms with Crippen LogP contribution in [0.2, 0.25) is 0 Å². The van der Waals surface area contributed by atoms with Gasteiger partial charge in [-0.3, -0.25) is 15.4 Å². The van der Waals surface area contributed by atoms with Crippen molar-refractivity contribution >= 4 is 17.5 Å². The predicted octanol–water partition coefficient (Wildman–Crippen LogP) is 1.76. The number of H-pyrrole nitrogens is 1. The standard InChI is InChI=1S/C10H11N5O/c1-7-6-11-4-2-8(7)13-10(16)14-9-3-5-12-15-9/h2-6H,1H3,(H3,11,12,13,14,15,16). The van der Waals surface area contributed by atoms with Crippen LogP contribution < -0.4 is 10.6 Å². The quantitative estimate of drug-likeness (QED) is 0.716. The molecule has 2 aromatic rings. The number of hydrogen-bond donors (Lipinski definition) is 3. The van der Waals surface area contributed by atoms with Crippen LogP contribution in [-0.4, -0.2) is 21.2 Å². The number of urea groups is 1. The zero-order valence-electron chi connectivity index (χ0n) is 8.69. The van der Waals surface area contributed by atoms with Gasteiger partial charge >= 0.3 is 6.03 Å². The maximum Gasteiger partial charge on any atom is 0.324 e. The van der Waals surface area contributed by atoms with Crippen molar-refractivity contribution in [3.63, 3.8) is 0 Å². The fourth-order valence-corrected chi connectivity index (χ4v) is 1.22. The van der Waals surface area contributed by atoms with E-state index >= 15 is 0 Å². The maximum absolute atomic E-state index is 11.5. The Labute approximate surface area is 92.1 Å². The molecule has 2 rings (SSSR count). The fourth-order valence-electron chi connectivity index (χ4n) is 1.22. The summed E-state index contributed by atoms with van der Waals surface area (Å²) >= 11 is 0. The van der Waals surface area contributed by atoms with Gasteiger partial charge in [0.25, 0.3) is 0 Å². The van der Waals surface area contributed by atoms with Crippen LogP contribution in [0, 0.1) is 6.92 Å². The molecule has 6 nitrogen and oxygen atoms in total. The first-order valence-corrected chi connectivity index (χ1v) is 4.74. The van der Waals surface area contributed by atoms with Gasteiger partial charge in [-0.15, -0.1) is 0 Å². The summed E-state index contributed by atoms with van der Waals surface area (Å²) in [6.07, 6.45) is 4.87. The average molecular weight is 217 g/mol. The molecule has 2 amide bonds. The Morgan fingerprint density at radius 1 is 1.31 bits per heavy atom. The van der Waals surface area contributed by atoms with Gasteiger partial charge in [0.15, 0.2) is 0 Å². The highest BCUT2D eigenvalue weighted by atomic mass is 16.2. The number of rotatable bonds is 2. The van der Waals surface area contributed by atoms with Gasteiger partial charge in [-0.2, -0.15) is 5.10 Å². The molecule has 0 fully saturated rings. The normalized spacial score (nSPS) is 9.81. The molecule has 0 atom stereocenters. The van der Waals surface area contributed by atoms with E-state index < -0.39 is 0 Å². The summed E-state index contributed by atoms with van der Waals surface area (Å²) in [7, 11) is 0. The Hall–Kier alpha value is -2.37. The number of aromatic amines is 1. The van der Waals surface area contributed by atoms with Crippen molar-refractivity contribution < 1.29 is 4.79 Å². The third-order valence-corrected chi connectivity index (χ3v) is 2.02. The molecular weight excluding hydrogens is 206 g/mol. The van der Waals surface area contributed by atoms with Crippen LogP contribution in [0.5, 0.6) is 0 Å². The van der Waals surface area contributed by atoms with Crippen molar-refractivity contribution in [1.29, 1.82) is 0 Å². The molecule has 0 bridgehead atoms. The van der Waals surface area contributed by atoms with Gasteiger partial charge in [0, 0.05) is 24.1 Å². The van der Waals surface area contributed by atoms with E-state index in [1.54, 1.807) is 30.7 Å². The lowest BCUT2D eigenvalue weighted by molar-refractivity contribution is 0.262. The highest BCUT2D eigenvalue weighted by Crippen LogP contribution is 2.11. The number of carbonyl (C=O) groups is 1. The number of amides is 2. The van der Waals surface area contributed by atoms with Gasteiger partial charge in [0.2, 0.25) is 0 Å². The van der Waals surface area contributed by atoms with Gasteiger partial charge in [0.1, 0.15) is 5.82 Å². The Morgan fingerprint density at radius 2 is 2.19 bits per heavy atom. The van der Waals surface area contributed by atoms with E-state index in [9.17, 15) is 4.79 Å². The van der Waals surface area contributed by atoms with Crippen molar-refractivity contribution in [2.75, 3.05) is 10.6 Å². The summed E-state index contributed by atoms with van der Waals surface area (Å²) in [5.74, 6) is 0.546. The van der Waals surface area contributed by atoms with Crippen molar-refractivity contribution in [1.82, 2.24) is 15.2 Å². The summed E-state index contributed by atoms with van der Waals surface area (Å²) < 4.78 is 0. The minimum absolute atomic E-state index is 0.321. The lowest BCUT2D eigenvalue weighted by Crippen LogP contribution is -2.20. The van der Waals surface area contributed by atoms with E-state index in [2.05, 4.69) is 25.8 Å². The van der Waals surface area contributed by atoms with E-state index in [0.717, 1.165) is 11.3 Å². The highest BCUT2D eigenvalue weighted by molar-refractivity contribution is 5.99. The fraction of sp³-hybridized carbons (Fsp3) is 0.100. The molecule has 2 heterocycles. The van der Waals surface area contributed by atoms with Gasteiger partial charge in [-0.1, -0.05) is 0 Å². The summed E-state index contributed by atoms with van der Waals surface area (Å²) in [4.78, 5) is 15.5. The topological polar surface area (TPSA) is 82.7 Å². The second-order valence-corrected chi connectivity index (χ2v) is 3.24. The first-order valence-electron chi connectivity index (χ1n) is 4.74. The summed E-state index contributed by atoms with van der Waals surface area (Å²) in [6.45, 7) is 1.87. The van der Waals surface area contributed by atoms with Crippen LogP contribution in [-0.2, 0) is 0 Å². The monoisotopic (exact) mass is 217 g/mol. The van der Waals surface area contributed by atoms with E-state index in [4.69, 9.17) is 0 Å². The minimum Gasteiger partial charge on any atom is -0.307 e. The largest absolute Gasteiger partial charge is 0.324 e. The molecule has 0 aliphatic heterocycles. The summed E-state index contributed by atoms with van der Waals surface area (Å²) in [5.41, 5.74) is 1.63. The van der Waals surface area contributed by atoms with Crippen molar-refractivity contribution in [2.45, 2.75) is 6.92 Å². The Balaban J connectivity index is 2.00. The SMILES string of the molecule is Cc1cnccc1NC(=O)Nc1ccn[nH]1. The van der Waals surface area contributed by atoms with Crippen LogP contribution in [0.1, 0.15) is 5.56 Å². The molecule has 0 saturated carbocycles. The number of aryl methyl sites for hydroxylation is 1. The van der Waals surface area contributed by atoms with Crippen LogP contribution in [0.3, 0.4) is 0 Å². The number of aromatic nitrogens is 3. The third-order valence-electron chi connectivity index (χ3n) is 2.02. The average Bonchev–Trinajstić information content (AvgIpc) is 2.74. The molecular formula is C10H11N5O. The van der Waals surface area contributed by atoms with E-state index in [1.807, 2.05) is 6.92 Å². The molecule has 0 radical (unpaired) electrons. The van der Waals surface area contributed by atoms with Crippen molar-refractivity contribution in [2.24, 2.45) is 0 Å². The number of nitrogens with one attached hydrogen (secondary N) is 3. The maximum atomic E-state index is 11.5. The molecule has 2 aromatic heterocycles. The van der Waals surface area contributed by atoms with Crippen LogP contribution in [0.15, 0.2) is 30.7 Å². The molecule has 0 unspecified atom stereocenters. The number of hydrogen-bond acceptors (Lipinski definition) is 3. The zero-order valence-corrected chi connectivity index (χ0v) is 8.69. The lowest BCUT2D eigenvalue weighted by Gasteiger charge is -2.07. The summed E-state index contributed by atoms with van der Waals surface area (Å²) in [6, 6.07) is 3.08. The predicted molar refractivity (Wildman–Crippen MR) is 60.2 cm³/mol. The Kier molecular flexibility index (Phi) is 2.81. The van der Waals surface area contributed by atoms with Crippen molar-refractivity contribution in [3.8, 4) is 0 Å². The number of anilines is 2. The molecule has 0 saturated heterocycles. The minimum atomic E-state index is -0.321. The van der Waals surface area contributed by atoms with Gasteiger partial charge in [-0.05, 0) is 18.6 Å². The molecule has 0 aliphatic rings. The molecule has 0 spiro atoms. The van der Waals surface area contributed by atoms with Crippen LogP contribution in [0.4, 0.5) is 16.3 Å². The van der Waals surface area contributed by atoms with Crippen molar-refractivity contribution in [3.05, 3.63) is 36.3 Å².